The number of pyridine rings is 1. The second kappa shape index (κ2) is 2.46. The molecule has 1 aromatic heterocycles. The topological polar surface area (TPSA) is 30.0 Å². The van der Waals surface area contributed by atoms with Crippen LogP contribution in [0.15, 0.2) is 18.5 Å². The van der Waals surface area contributed by atoms with Crippen molar-refractivity contribution in [3.05, 3.63) is 29.6 Å². The van der Waals surface area contributed by atoms with Gasteiger partial charge < -0.3 is 0 Å². The molecule has 1 heterocycles. The fourth-order valence-corrected chi connectivity index (χ4v) is 1.43. The molecule has 2 nitrogen and oxygen atoms in total. The summed E-state index contributed by atoms with van der Waals surface area (Å²) in [5.74, 6) is 0.351. The maximum Gasteiger partial charge on any atom is 0.137 e. The molecule has 11 heavy (non-hydrogen) atoms. The first-order valence-electron chi connectivity index (χ1n) is 3.80. The summed E-state index contributed by atoms with van der Waals surface area (Å²) in [6.07, 6.45) is 5.79. The molecule has 0 atom stereocenters. The van der Waals surface area contributed by atoms with E-state index in [-0.39, 0.29) is 0 Å². The molecule has 0 spiro atoms. The van der Waals surface area contributed by atoms with Crippen LogP contribution in [0.4, 0.5) is 0 Å². The minimum atomic E-state index is 0.351. The van der Waals surface area contributed by atoms with E-state index in [2.05, 4.69) is 4.98 Å². The van der Waals surface area contributed by atoms with E-state index in [0.717, 1.165) is 12.0 Å². The second-order valence-electron chi connectivity index (χ2n) is 2.86. The first kappa shape index (κ1) is 6.53. The van der Waals surface area contributed by atoms with Gasteiger partial charge in [0.15, 0.2) is 0 Å². The van der Waals surface area contributed by atoms with Crippen molar-refractivity contribution in [2.24, 2.45) is 0 Å². The molecular weight excluding hydrogens is 138 g/mol. The van der Waals surface area contributed by atoms with Gasteiger partial charge in [0.05, 0.1) is 0 Å². The Morgan fingerprint density at radius 2 is 2.18 bits per heavy atom. The van der Waals surface area contributed by atoms with Gasteiger partial charge >= 0.3 is 0 Å². The molecule has 1 aromatic rings. The van der Waals surface area contributed by atoms with E-state index in [1.165, 1.54) is 5.56 Å². The largest absolute Gasteiger partial charge is 0.299 e. The Bertz CT molecular complexity index is 293. The number of carbonyl (C=O) groups is 1. The van der Waals surface area contributed by atoms with Crippen LogP contribution in [-0.4, -0.2) is 10.8 Å². The van der Waals surface area contributed by atoms with Crippen molar-refractivity contribution in [1.82, 2.24) is 4.98 Å². The first-order chi connectivity index (χ1) is 5.36. The maximum atomic E-state index is 11.0. The molecule has 0 aromatic carbocycles. The Morgan fingerprint density at radius 1 is 1.27 bits per heavy atom. The van der Waals surface area contributed by atoms with Gasteiger partial charge in [-0.25, -0.2) is 0 Å². The third-order valence-electron chi connectivity index (χ3n) is 2.07. The summed E-state index contributed by atoms with van der Waals surface area (Å²) in [6.45, 7) is 0. The molecule has 0 aliphatic heterocycles. The summed E-state index contributed by atoms with van der Waals surface area (Å²) in [5.41, 5.74) is 2.41. The SMILES string of the molecule is O=C1CCc2cnccc2C1. The second-order valence-corrected chi connectivity index (χ2v) is 2.86. The van der Waals surface area contributed by atoms with E-state index in [0.29, 0.717) is 18.6 Å². The van der Waals surface area contributed by atoms with Crippen molar-refractivity contribution in [2.45, 2.75) is 19.3 Å². The van der Waals surface area contributed by atoms with Crippen LogP contribution >= 0.6 is 0 Å². The molecule has 1 aliphatic carbocycles. The van der Waals surface area contributed by atoms with Crippen molar-refractivity contribution >= 4 is 5.78 Å². The van der Waals surface area contributed by atoms with E-state index in [1.807, 2.05) is 12.3 Å². The summed E-state index contributed by atoms with van der Waals surface area (Å²) in [6, 6.07) is 1.94. The van der Waals surface area contributed by atoms with Crippen LogP contribution in [0.2, 0.25) is 0 Å². The van der Waals surface area contributed by atoms with Gasteiger partial charge in [0.25, 0.3) is 0 Å². The van der Waals surface area contributed by atoms with Gasteiger partial charge in [0.2, 0.25) is 0 Å². The van der Waals surface area contributed by atoms with Gasteiger partial charge in [-0.15, -0.1) is 0 Å². The van der Waals surface area contributed by atoms with Crippen LogP contribution in [0.25, 0.3) is 0 Å². The lowest BCUT2D eigenvalue weighted by Gasteiger charge is -2.12. The Kier molecular flexibility index (Phi) is 1.46. The predicted molar refractivity (Wildman–Crippen MR) is 41.3 cm³/mol. The lowest BCUT2D eigenvalue weighted by atomic mass is 9.93. The van der Waals surface area contributed by atoms with Crippen LogP contribution < -0.4 is 0 Å². The number of hydrogen-bond donors (Lipinski definition) is 0. The molecular formula is C9H9NO. The number of nitrogens with zero attached hydrogens (tertiary/aromatic N) is 1. The lowest BCUT2D eigenvalue weighted by molar-refractivity contribution is -0.118. The maximum absolute atomic E-state index is 11.0. The number of rotatable bonds is 0. The molecule has 2 rings (SSSR count). The van der Waals surface area contributed by atoms with Gasteiger partial charge in [-0.05, 0) is 23.6 Å². The number of hydrogen-bond acceptors (Lipinski definition) is 2. The van der Waals surface area contributed by atoms with Crippen LogP contribution in [0, 0.1) is 0 Å². The minimum Gasteiger partial charge on any atom is -0.299 e. The average Bonchev–Trinajstić information content (AvgIpc) is 2.04. The molecule has 0 amide bonds. The highest BCUT2D eigenvalue weighted by molar-refractivity contribution is 5.83. The highest BCUT2D eigenvalue weighted by atomic mass is 16.1. The van der Waals surface area contributed by atoms with Gasteiger partial charge in [0, 0.05) is 25.2 Å². The Balaban J connectivity index is 2.41. The van der Waals surface area contributed by atoms with E-state index >= 15 is 0 Å². The quantitative estimate of drug-likeness (QED) is 0.550. The molecule has 0 radical (unpaired) electrons. The van der Waals surface area contributed by atoms with Crippen molar-refractivity contribution < 1.29 is 4.79 Å². The molecule has 0 saturated heterocycles. The summed E-state index contributed by atoms with van der Waals surface area (Å²) in [4.78, 5) is 15.0. The molecule has 56 valence electrons. The zero-order valence-corrected chi connectivity index (χ0v) is 6.21. The summed E-state index contributed by atoms with van der Waals surface area (Å²) in [7, 11) is 0. The third-order valence-corrected chi connectivity index (χ3v) is 2.07. The average molecular weight is 147 g/mol. The number of ketones is 1. The summed E-state index contributed by atoms with van der Waals surface area (Å²) in [5, 5.41) is 0. The van der Waals surface area contributed by atoms with Crippen molar-refractivity contribution in [1.29, 1.82) is 0 Å². The minimum absolute atomic E-state index is 0.351. The summed E-state index contributed by atoms with van der Waals surface area (Å²) >= 11 is 0. The number of aromatic nitrogens is 1. The monoisotopic (exact) mass is 147 g/mol. The highest BCUT2D eigenvalue weighted by Crippen LogP contribution is 2.16. The van der Waals surface area contributed by atoms with Gasteiger partial charge in [0.1, 0.15) is 5.78 Å². The smallest absolute Gasteiger partial charge is 0.137 e. The Morgan fingerprint density at radius 3 is 3.09 bits per heavy atom. The van der Waals surface area contributed by atoms with E-state index in [4.69, 9.17) is 0 Å². The normalized spacial score (nSPS) is 16.2. The van der Waals surface area contributed by atoms with Gasteiger partial charge in [-0.3, -0.25) is 9.78 Å². The fraction of sp³-hybridized carbons (Fsp3) is 0.333. The number of Topliss-reactive ketones (excluding diaryl/α,β-unsaturated/α-hetero) is 1. The standard InChI is InChI=1S/C9H9NO/c11-9-2-1-8-6-10-4-3-7(8)5-9/h3-4,6H,1-2,5H2. The molecule has 0 saturated carbocycles. The molecule has 0 bridgehead atoms. The van der Waals surface area contributed by atoms with E-state index in [9.17, 15) is 4.79 Å². The van der Waals surface area contributed by atoms with Crippen LogP contribution in [0.1, 0.15) is 17.5 Å². The third kappa shape index (κ3) is 1.16. The predicted octanol–water partition coefficient (Wildman–Crippen LogP) is 1.14. The molecule has 0 unspecified atom stereocenters. The Hall–Kier alpha value is -1.18. The van der Waals surface area contributed by atoms with Gasteiger partial charge in [-0.2, -0.15) is 0 Å². The van der Waals surface area contributed by atoms with Crippen molar-refractivity contribution in [3.63, 3.8) is 0 Å². The van der Waals surface area contributed by atoms with E-state index < -0.39 is 0 Å². The van der Waals surface area contributed by atoms with Gasteiger partial charge in [-0.1, -0.05) is 0 Å². The van der Waals surface area contributed by atoms with Crippen LogP contribution in [0.5, 0.6) is 0 Å². The van der Waals surface area contributed by atoms with Crippen molar-refractivity contribution in [2.75, 3.05) is 0 Å². The Labute approximate surface area is 65.3 Å². The number of aryl methyl sites for hydroxylation is 1. The number of fused-ring (bicyclic) bond motifs is 1. The van der Waals surface area contributed by atoms with Crippen LogP contribution in [-0.2, 0) is 17.6 Å². The summed E-state index contributed by atoms with van der Waals surface area (Å²) < 4.78 is 0. The first-order valence-corrected chi connectivity index (χ1v) is 3.80. The zero-order valence-electron chi connectivity index (χ0n) is 6.21. The van der Waals surface area contributed by atoms with Crippen molar-refractivity contribution in [3.8, 4) is 0 Å². The zero-order chi connectivity index (χ0) is 7.68. The molecule has 1 aliphatic rings. The fourth-order valence-electron chi connectivity index (χ4n) is 1.43. The molecule has 0 fully saturated rings. The molecule has 2 heteroatoms. The van der Waals surface area contributed by atoms with E-state index in [1.54, 1.807) is 6.20 Å². The lowest BCUT2D eigenvalue weighted by Crippen LogP contribution is -2.12. The number of carbonyl (C=O) groups excluding carboxylic acids is 1. The highest BCUT2D eigenvalue weighted by Gasteiger charge is 2.14. The molecule has 0 N–H and O–H groups in total. The van der Waals surface area contributed by atoms with Crippen LogP contribution in [0.3, 0.4) is 0 Å².